The molecule has 0 atom stereocenters. The smallest absolute Gasteiger partial charge is 0.257 e. The molecule has 5 aromatic rings. The van der Waals surface area contributed by atoms with Crippen molar-refractivity contribution in [3.05, 3.63) is 88.9 Å². The number of oxazole rings is 1. The Morgan fingerprint density at radius 1 is 1.03 bits per heavy atom. The number of fused-ring (bicyclic) bond motifs is 3. The lowest BCUT2D eigenvalue weighted by Gasteiger charge is -2.11. The molecular weight excluding hydrogens is 514 g/mol. The van der Waals surface area contributed by atoms with E-state index >= 15 is 0 Å². The van der Waals surface area contributed by atoms with E-state index in [4.69, 9.17) is 26.4 Å². The number of carbonyl (C=O) groups is 1. The van der Waals surface area contributed by atoms with Crippen LogP contribution in [0.25, 0.3) is 33.3 Å². The number of amides is 1. The first-order valence-corrected chi connectivity index (χ1v) is 11.6. The van der Waals surface area contributed by atoms with E-state index < -0.39 is 0 Å². The zero-order chi connectivity index (χ0) is 23.7. The normalized spacial score (nSPS) is 10.9. The third kappa shape index (κ3) is 4.37. The zero-order valence-electron chi connectivity index (χ0n) is 18.0. The second kappa shape index (κ2) is 9.24. The molecule has 168 valence electrons. The third-order valence-corrected chi connectivity index (χ3v) is 6.12. The summed E-state index contributed by atoms with van der Waals surface area (Å²) in [4.78, 5) is 17.3. The number of nitrogens with zero attached hydrogens (tertiary/aromatic N) is 1. The number of methoxy groups -OCH3 is 1. The Morgan fingerprint density at radius 2 is 1.88 bits per heavy atom. The van der Waals surface area contributed by atoms with Gasteiger partial charge in [-0.25, -0.2) is 4.98 Å². The van der Waals surface area contributed by atoms with Gasteiger partial charge in [0.15, 0.2) is 10.7 Å². The van der Waals surface area contributed by atoms with E-state index in [0.717, 1.165) is 27.4 Å². The summed E-state index contributed by atoms with van der Waals surface area (Å²) < 4.78 is 11.9. The van der Waals surface area contributed by atoms with Gasteiger partial charge < -0.3 is 14.5 Å². The quantitative estimate of drug-likeness (QED) is 0.256. The van der Waals surface area contributed by atoms with Crippen molar-refractivity contribution in [1.29, 1.82) is 0 Å². The average molecular weight is 532 g/mol. The van der Waals surface area contributed by atoms with Gasteiger partial charge in [0, 0.05) is 22.2 Å². The van der Waals surface area contributed by atoms with Crippen molar-refractivity contribution in [1.82, 2.24) is 10.3 Å². The van der Waals surface area contributed by atoms with Gasteiger partial charge in [0.1, 0.15) is 11.3 Å². The number of hydrogen-bond donors (Lipinski definition) is 2. The van der Waals surface area contributed by atoms with Crippen molar-refractivity contribution in [3.63, 3.8) is 0 Å². The lowest BCUT2D eigenvalue weighted by molar-refractivity contribution is 0.0977. The lowest BCUT2D eigenvalue weighted by Crippen LogP contribution is -2.34. The number of rotatable bonds is 4. The largest absolute Gasteiger partial charge is 0.496 e. The van der Waals surface area contributed by atoms with Crippen LogP contribution < -0.4 is 15.4 Å². The second-order valence-corrected chi connectivity index (χ2v) is 8.75. The van der Waals surface area contributed by atoms with E-state index in [0.29, 0.717) is 27.4 Å². The Balaban J connectivity index is 1.34. The molecule has 1 heterocycles. The van der Waals surface area contributed by atoms with Gasteiger partial charge >= 0.3 is 0 Å². The van der Waals surface area contributed by atoms with Crippen molar-refractivity contribution in [2.45, 2.75) is 0 Å². The van der Waals surface area contributed by atoms with Gasteiger partial charge in [-0.2, -0.15) is 0 Å². The van der Waals surface area contributed by atoms with Crippen LogP contribution in [0.3, 0.4) is 0 Å². The summed E-state index contributed by atoms with van der Waals surface area (Å²) >= 11 is 8.72. The van der Waals surface area contributed by atoms with Gasteiger partial charge in [-0.1, -0.05) is 36.4 Å². The van der Waals surface area contributed by atoms with Crippen molar-refractivity contribution in [3.8, 4) is 17.2 Å². The van der Waals surface area contributed by atoms with Crippen LogP contribution in [0.2, 0.25) is 0 Å². The number of halogens is 1. The third-order valence-electron chi connectivity index (χ3n) is 5.29. The molecule has 0 aliphatic carbocycles. The molecule has 0 aliphatic heterocycles. The molecule has 1 aromatic heterocycles. The molecule has 8 heteroatoms. The Kier molecular flexibility index (Phi) is 6.00. The number of hydrogen-bond acceptors (Lipinski definition) is 5. The number of aromatic nitrogens is 1. The maximum absolute atomic E-state index is 12.6. The summed E-state index contributed by atoms with van der Waals surface area (Å²) in [5.74, 6) is 0.817. The number of ether oxygens (including phenoxy) is 1. The first-order chi connectivity index (χ1) is 16.5. The van der Waals surface area contributed by atoms with Crippen LogP contribution in [-0.2, 0) is 0 Å². The predicted octanol–water partition coefficient (Wildman–Crippen LogP) is 6.55. The monoisotopic (exact) mass is 531 g/mol. The van der Waals surface area contributed by atoms with Crippen molar-refractivity contribution >= 4 is 66.7 Å². The molecule has 0 aliphatic rings. The van der Waals surface area contributed by atoms with Gasteiger partial charge in [-0.05, 0) is 76.0 Å². The van der Waals surface area contributed by atoms with E-state index in [1.165, 1.54) is 0 Å². The molecule has 5 rings (SSSR count). The predicted molar refractivity (Wildman–Crippen MR) is 141 cm³/mol. The van der Waals surface area contributed by atoms with Crippen LogP contribution in [0.15, 0.2) is 87.8 Å². The van der Waals surface area contributed by atoms with Crippen molar-refractivity contribution < 1.29 is 13.9 Å². The van der Waals surface area contributed by atoms with Crippen molar-refractivity contribution in [2.75, 3.05) is 12.4 Å². The Bertz CT molecular complexity index is 1560. The first-order valence-electron chi connectivity index (χ1n) is 10.4. The van der Waals surface area contributed by atoms with E-state index in [-0.39, 0.29) is 11.0 Å². The average Bonchev–Trinajstić information content (AvgIpc) is 3.29. The Morgan fingerprint density at radius 3 is 2.71 bits per heavy atom. The van der Waals surface area contributed by atoms with E-state index in [1.54, 1.807) is 25.3 Å². The highest BCUT2D eigenvalue weighted by atomic mass is 79.9. The van der Waals surface area contributed by atoms with Crippen LogP contribution in [-0.4, -0.2) is 23.1 Å². The molecule has 4 aromatic carbocycles. The number of nitrogens with one attached hydrogen (secondary N) is 2. The van der Waals surface area contributed by atoms with Crippen LogP contribution in [0.4, 0.5) is 5.69 Å². The van der Waals surface area contributed by atoms with E-state index in [2.05, 4.69) is 26.6 Å². The number of benzene rings is 4. The SMILES string of the molecule is COc1ccc(C(=O)NC(=S)Nc2cccc(-c3nc4c(ccc5ccccc54)o3)c2)cc1Br. The standard InChI is InChI=1S/C26H18BrN3O3S/c1-32-21-11-10-16(14-20(21)27)24(31)30-26(34)28-18-7-4-6-17(13-18)25-29-23-19-8-3-2-5-15(19)9-12-22(23)33-25/h2-14H,1H3,(H2,28,30,31,34). The van der Waals surface area contributed by atoms with E-state index in [1.807, 2.05) is 60.7 Å². The molecule has 0 fully saturated rings. The van der Waals surface area contributed by atoms with Gasteiger partial charge in [-0.3, -0.25) is 10.1 Å². The highest BCUT2D eigenvalue weighted by molar-refractivity contribution is 9.10. The number of anilines is 1. The lowest BCUT2D eigenvalue weighted by atomic mass is 10.1. The maximum atomic E-state index is 12.6. The number of carbonyl (C=O) groups excluding carboxylic acids is 1. The molecule has 0 radical (unpaired) electrons. The van der Waals surface area contributed by atoms with Gasteiger partial charge in [0.2, 0.25) is 5.89 Å². The molecule has 0 bridgehead atoms. The van der Waals surface area contributed by atoms with E-state index in [9.17, 15) is 4.79 Å². The van der Waals surface area contributed by atoms with Crippen LogP contribution in [0.5, 0.6) is 5.75 Å². The Hall–Kier alpha value is -3.75. The summed E-state index contributed by atoms with van der Waals surface area (Å²) in [5, 5.41) is 8.06. The minimum atomic E-state index is -0.331. The fourth-order valence-corrected chi connectivity index (χ4v) is 4.41. The molecular formula is C26H18BrN3O3S. The molecule has 0 unspecified atom stereocenters. The highest BCUT2D eigenvalue weighted by Gasteiger charge is 2.13. The summed E-state index contributed by atoms with van der Waals surface area (Å²) in [7, 11) is 1.57. The minimum absolute atomic E-state index is 0.178. The number of thiocarbonyl (C=S) groups is 1. The second-order valence-electron chi connectivity index (χ2n) is 7.49. The summed E-state index contributed by atoms with van der Waals surface area (Å²) in [6.45, 7) is 0. The first kappa shape index (κ1) is 22.1. The molecule has 0 spiro atoms. The highest BCUT2D eigenvalue weighted by Crippen LogP contribution is 2.30. The van der Waals surface area contributed by atoms with Crippen LogP contribution in [0.1, 0.15) is 10.4 Å². The van der Waals surface area contributed by atoms with Crippen LogP contribution >= 0.6 is 28.1 Å². The fraction of sp³-hybridized carbons (Fsp3) is 0.0385. The minimum Gasteiger partial charge on any atom is -0.496 e. The maximum Gasteiger partial charge on any atom is 0.257 e. The summed E-state index contributed by atoms with van der Waals surface area (Å²) in [6.07, 6.45) is 0. The topological polar surface area (TPSA) is 76.4 Å². The molecule has 0 saturated carbocycles. The molecule has 1 amide bonds. The summed E-state index contributed by atoms with van der Waals surface area (Å²) in [6, 6.07) is 24.6. The fourth-order valence-electron chi connectivity index (χ4n) is 3.66. The van der Waals surface area contributed by atoms with Gasteiger partial charge in [-0.15, -0.1) is 0 Å². The van der Waals surface area contributed by atoms with Crippen LogP contribution in [0, 0.1) is 0 Å². The van der Waals surface area contributed by atoms with Crippen molar-refractivity contribution in [2.24, 2.45) is 0 Å². The zero-order valence-corrected chi connectivity index (χ0v) is 20.4. The Labute approximate surface area is 209 Å². The molecule has 6 nitrogen and oxygen atoms in total. The molecule has 0 saturated heterocycles. The molecule has 2 N–H and O–H groups in total. The summed E-state index contributed by atoms with van der Waals surface area (Å²) in [5.41, 5.74) is 3.48. The van der Waals surface area contributed by atoms with Gasteiger partial charge in [0.05, 0.1) is 11.6 Å². The van der Waals surface area contributed by atoms with Gasteiger partial charge in [0.25, 0.3) is 5.91 Å². The molecule has 34 heavy (non-hydrogen) atoms.